The van der Waals surface area contributed by atoms with Gasteiger partial charge in [0.05, 0.1) is 5.52 Å². The van der Waals surface area contributed by atoms with Gasteiger partial charge in [-0.15, -0.1) is 0 Å². The highest BCUT2D eigenvalue weighted by Crippen LogP contribution is 2.28. The van der Waals surface area contributed by atoms with E-state index in [-0.39, 0.29) is 23.9 Å². The smallest absolute Gasteiger partial charge is 0.247 e. The Morgan fingerprint density at radius 2 is 1.78 bits per heavy atom. The van der Waals surface area contributed by atoms with Crippen molar-refractivity contribution >= 4 is 22.7 Å². The largest absolute Gasteiger partial charge is 0.329 e. The molecular weight excluding hydrogens is 340 g/mol. The van der Waals surface area contributed by atoms with Crippen LogP contribution in [0.5, 0.6) is 0 Å². The molecule has 2 atom stereocenters. The molecule has 140 valence electrons. The third kappa shape index (κ3) is 2.88. The van der Waals surface area contributed by atoms with Crippen LogP contribution in [0.15, 0.2) is 36.5 Å². The van der Waals surface area contributed by atoms with Gasteiger partial charge in [-0.3, -0.25) is 19.5 Å². The summed E-state index contributed by atoms with van der Waals surface area (Å²) in [5.41, 5.74) is 2.14. The van der Waals surface area contributed by atoms with E-state index in [2.05, 4.69) is 22.0 Å². The number of rotatable bonds is 2. The van der Waals surface area contributed by atoms with E-state index in [1.54, 1.807) is 0 Å². The Morgan fingerprint density at radius 1 is 0.963 bits per heavy atom. The molecule has 0 spiro atoms. The van der Waals surface area contributed by atoms with Crippen molar-refractivity contribution in [3.05, 3.63) is 42.1 Å². The number of piperidine rings is 1. The average Bonchev–Trinajstić information content (AvgIpc) is 2.72. The Bertz CT molecular complexity index is 899. The highest BCUT2D eigenvalue weighted by Gasteiger charge is 2.48. The van der Waals surface area contributed by atoms with Crippen LogP contribution in [0.1, 0.15) is 24.8 Å². The number of para-hydroxylation sites is 1. The lowest BCUT2D eigenvalue weighted by atomic mass is 9.94. The molecule has 2 aromatic rings. The van der Waals surface area contributed by atoms with Gasteiger partial charge >= 0.3 is 0 Å². The van der Waals surface area contributed by atoms with E-state index in [4.69, 9.17) is 0 Å². The molecule has 0 bridgehead atoms. The molecule has 3 saturated heterocycles. The predicted molar refractivity (Wildman–Crippen MR) is 102 cm³/mol. The first-order valence-electron chi connectivity index (χ1n) is 9.88. The molecule has 0 radical (unpaired) electrons. The molecule has 5 rings (SSSR count). The summed E-state index contributed by atoms with van der Waals surface area (Å²) in [7, 11) is 0. The van der Waals surface area contributed by atoms with E-state index in [9.17, 15) is 9.59 Å². The molecule has 1 aromatic heterocycles. The Morgan fingerprint density at radius 3 is 2.70 bits per heavy atom. The number of nitrogens with zero attached hydrogens (tertiary/aromatic N) is 4. The van der Waals surface area contributed by atoms with Crippen LogP contribution in [-0.2, 0) is 16.1 Å². The third-order valence-corrected chi connectivity index (χ3v) is 6.16. The molecule has 6 nitrogen and oxygen atoms in total. The summed E-state index contributed by atoms with van der Waals surface area (Å²) in [4.78, 5) is 36.4. The summed E-state index contributed by atoms with van der Waals surface area (Å²) in [6, 6.07) is 9.74. The molecule has 0 saturated carbocycles. The summed E-state index contributed by atoms with van der Waals surface area (Å²) in [6.45, 7) is 3.54. The van der Waals surface area contributed by atoms with E-state index in [0.29, 0.717) is 13.1 Å². The molecule has 3 aliphatic heterocycles. The molecule has 2 unspecified atom stereocenters. The SMILES string of the molecule is O=C1C2CN(Cc3cnc4ccccc4c3)CCN2C(=O)C2CCCCN12. The van der Waals surface area contributed by atoms with Crippen LogP contribution in [0, 0.1) is 0 Å². The number of pyridine rings is 1. The average molecular weight is 364 g/mol. The standard InChI is InChI=1S/C21H24N4O2/c26-20-18-7-3-4-8-24(18)21(27)19-14-23(9-10-25(19)20)13-15-11-16-5-1-2-6-17(16)22-12-15/h1-2,5-6,11-12,18-19H,3-4,7-10,13-14H2. The fourth-order valence-electron chi connectivity index (χ4n) is 4.75. The summed E-state index contributed by atoms with van der Waals surface area (Å²) in [5.74, 6) is 0.298. The summed E-state index contributed by atoms with van der Waals surface area (Å²) >= 11 is 0. The fraction of sp³-hybridized carbons (Fsp3) is 0.476. The number of hydrogen-bond acceptors (Lipinski definition) is 4. The zero-order valence-electron chi connectivity index (χ0n) is 15.4. The molecule has 2 amide bonds. The van der Waals surface area contributed by atoms with Crippen LogP contribution in [-0.4, -0.2) is 69.8 Å². The van der Waals surface area contributed by atoms with Crippen molar-refractivity contribution in [3.8, 4) is 0 Å². The molecule has 0 aliphatic carbocycles. The van der Waals surface area contributed by atoms with Gasteiger partial charge in [-0.05, 0) is 37.0 Å². The molecule has 27 heavy (non-hydrogen) atoms. The van der Waals surface area contributed by atoms with Gasteiger partial charge in [0.1, 0.15) is 12.1 Å². The Hall–Kier alpha value is -2.47. The van der Waals surface area contributed by atoms with Crippen molar-refractivity contribution in [2.24, 2.45) is 0 Å². The Balaban J connectivity index is 1.33. The van der Waals surface area contributed by atoms with E-state index in [1.807, 2.05) is 34.2 Å². The molecule has 1 aromatic carbocycles. The number of aromatic nitrogens is 1. The van der Waals surface area contributed by atoms with Gasteiger partial charge < -0.3 is 9.80 Å². The number of piperazine rings is 2. The number of carbonyl (C=O) groups is 2. The van der Waals surface area contributed by atoms with Crippen LogP contribution in [0.25, 0.3) is 10.9 Å². The molecule has 3 fully saturated rings. The third-order valence-electron chi connectivity index (χ3n) is 6.16. The van der Waals surface area contributed by atoms with Gasteiger partial charge in [-0.2, -0.15) is 0 Å². The van der Waals surface area contributed by atoms with Crippen LogP contribution in [0.2, 0.25) is 0 Å². The lowest BCUT2D eigenvalue weighted by Gasteiger charge is -2.50. The first-order chi connectivity index (χ1) is 13.2. The number of benzene rings is 1. The number of carbonyl (C=O) groups excluding carboxylic acids is 2. The maximum atomic E-state index is 13.0. The van der Waals surface area contributed by atoms with Crippen molar-refractivity contribution < 1.29 is 9.59 Å². The molecule has 6 heteroatoms. The van der Waals surface area contributed by atoms with Gasteiger partial charge in [0, 0.05) is 44.3 Å². The highest BCUT2D eigenvalue weighted by atomic mass is 16.2. The first-order valence-corrected chi connectivity index (χ1v) is 9.88. The minimum atomic E-state index is -0.325. The molecule has 0 N–H and O–H groups in total. The van der Waals surface area contributed by atoms with Crippen molar-refractivity contribution in [1.82, 2.24) is 19.7 Å². The van der Waals surface area contributed by atoms with Crippen molar-refractivity contribution in [1.29, 1.82) is 0 Å². The van der Waals surface area contributed by atoms with Gasteiger partial charge in [0.15, 0.2) is 0 Å². The van der Waals surface area contributed by atoms with Crippen LogP contribution in [0.3, 0.4) is 0 Å². The zero-order chi connectivity index (χ0) is 18.4. The zero-order valence-corrected chi connectivity index (χ0v) is 15.4. The van der Waals surface area contributed by atoms with Gasteiger partial charge in [-0.25, -0.2) is 0 Å². The predicted octanol–water partition coefficient (Wildman–Crippen LogP) is 1.64. The Labute approximate surface area is 158 Å². The monoisotopic (exact) mass is 364 g/mol. The summed E-state index contributed by atoms with van der Waals surface area (Å²) in [6.07, 6.45) is 4.79. The second-order valence-corrected chi connectivity index (χ2v) is 7.86. The van der Waals surface area contributed by atoms with Crippen molar-refractivity contribution in [3.63, 3.8) is 0 Å². The number of amides is 2. The topological polar surface area (TPSA) is 56.8 Å². The van der Waals surface area contributed by atoms with E-state index in [1.165, 1.54) is 0 Å². The van der Waals surface area contributed by atoms with E-state index < -0.39 is 0 Å². The normalized spacial score (nSPS) is 26.2. The summed E-state index contributed by atoms with van der Waals surface area (Å²) in [5, 5.41) is 1.13. The number of hydrogen-bond donors (Lipinski definition) is 0. The number of fused-ring (bicyclic) bond motifs is 3. The maximum Gasteiger partial charge on any atom is 0.247 e. The maximum absolute atomic E-state index is 13.0. The Kier molecular flexibility index (Phi) is 4.08. The minimum Gasteiger partial charge on any atom is -0.329 e. The first kappa shape index (κ1) is 16.7. The molecule has 4 heterocycles. The van der Waals surface area contributed by atoms with Gasteiger partial charge in [0.2, 0.25) is 11.8 Å². The van der Waals surface area contributed by atoms with Crippen molar-refractivity contribution in [2.45, 2.75) is 37.9 Å². The van der Waals surface area contributed by atoms with E-state index in [0.717, 1.165) is 55.4 Å². The minimum absolute atomic E-state index is 0.139. The van der Waals surface area contributed by atoms with Crippen molar-refractivity contribution in [2.75, 3.05) is 26.2 Å². The van der Waals surface area contributed by atoms with Crippen LogP contribution < -0.4 is 0 Å². The van der Waals surface area contributed by atoms with E-state index >= 15 is 0 Å². The van der Waals surface area contributed by atoms with Crippen LogP contribution >= 0.6 is 0 Å². The lowest BCUT2D eigenvalue weighted by Crippen LogP contribution is -2.70. The summed E-state index contributed by atoms with van der Waals surface area (Å²) < 4.78 is 0. The highest BCUT2D eigenvalue weighted by molar-refractivity contribution is 5.97. The van der Waals surface area contributed by atoms with Gasteiger partial charge in [-0.1, -0.05) is 18.2 Å². The second kappa shape index (κ2) is 6.60. The molecular formula is C21H24N4O2. The lowest BCUT2D eigenvalue weighted by molar-refractivity contribution is -0.167. The fourth-order valence-corrected chi connectivity index (χ4v) is 4.75. The quantitative estimate of drug-likeness (QED) is 0.813. The van der Waals surface area contributed by atoms with Crippen LogP contribution in [0.4, 0.5) is 0 Å². The second-order valence-electron chi connectivity index (χ2n) is 7.86. The van der Waals surface area contributed by atoms with Gasteiger partial charge in [0.25, 0.3) is 0 Å². The molecule has 3 aliphatic rings.